The SMILES string of the molecule is COc1cc(/C=N/NC(=O)c2ccc(Cn3nc(C)cc3C)cc2)cc(Br)c1O. The summed E-state index contributed by atoms with van der Waals surface area (Å²) in [7, 11) is 1.46. The Balaban J connectivity index is 1.63. The molecule has 0 saturated carbocycles. The molecule has 150 valence electrons. The van der Waals surface area contributed by atoms with E-state index in [0.717, 1.165) is 17.0 Å². The number of halogens is 1. The van der Waals surface area contributed by atoms with Crippen molar-refractivity contribution in [1.82, 2.24) is 15.2 Å². The van der Waals surface area contributed by atoms with Crippen LogP contribution in [-0.4, -0.2) is 34.1 Å². The number of carbonyl (C=O) groups is 1. The van der Waals surface area contributed by atoms with Gasteiger partial charge in [-0.3, -0.25) is 9.48 Å². The number of hydrazone groups is 1. The quantitative estimate of drug-likeness (QED) is 0.436. The molecule has 7 nitrogen and oxygen atoms in total. The smallest absolute Gasteiger partial charge is 0.271 e. The molecule has 0 radical (unpaired) electrons. The summed E-state index contributed by atoms with van der Waals surface area (Å²) in [6.07, 6.45) is 1.47. The summed E-state index contributed by atoms with van der Waals surface area (Å²) < 4.78 is 7.49. The van der Waals surface area contributed by atoms with E-state index in [1.54, 1.807) is 24.3 Å². The fourth-order valence-electron chi connectivity index (χ4n) is 2.82. The Morgan fingerprint density at radius 2 is 2.00 bits per heavy atom. The van der Waals surface area contributed by atoms with E-state index in [9.17, 15) is 9.90 Å². The van der Waals surface area contributed by atoms with Crippen molar-refractivity contribution in [2.75, 3.05) is 7.11 Å². The summed E-state index contributed by atoms with van der Waals surface area (Å²) >= 11 is 3.25. The predicted octanol–water partition coefficient (Wildman–Crippen LogP) is 3.79. The summed E-state index contributed by atoms with van der Waals surface area (Å²) in [5.74, 6) is 0.00307. The lowest BCUT2D eigenvalue weighted by Gasteiger charge is -2.07. The zero-order valence-electron chi connectivity index (χ0n) is 16.3. The molecular weight excluding hydrogens is 436 g/mol. The van der Waals surface area contributed by atoms with Gasteiger partial charge in [0.25, 0.3) is 5.91 Å². The number of phenolic OH excluding ortho intramolecular Hbond substituents is 1. The van der Waals surface area contributed by atoms with Crippen LogP contribution >= 0.6 is 15.9 Å². The molecule has 0 aliphatic heterocycles. The fourth-order valence-corrected chi connectivity index (χ4v) is 3.28. The van der Waals surface area contributed by atoms with Crippen LogP contribution in [0.25, 0.3) is 0 Å². The molecule has 2 N–H and O–H groups in total. The van der Waals surface area contributed by atoms with Gasteiger partial charge in [0.05, 0.1) is 30.0 Å². The number of nitrogens with one attached hydrogen (secondary N) is 1. The molecule has 29 heavy (non-hydrogen) atoms. The minimum atomic E-state index is -0.316. The number of phenols is 1. The molecule has 0 atom stereocenters. The maximum absolute atomic E-state index is 12.3. The first-order valence-electron chi connectivity index (χ1n) is 8.87. The second-order valence-corrected chi connectivity index (χ2v) is 7.39. The first kappa shape index (κ1) is 20.6. The van der Waals surface area contributed by atoms with Gasteiger partial charge >= 0.3 is 0 Å². The summed E-state index contributed by atoms with van der Waals surface area (Å²) in [6, 6.07) is 12.6. The Bertz CT molecular complexity index is 1060. The Labute approximate surface area is 177 Å². The highest BCUT2D eigenvalue weighted by Gasteiger charge is 2.08. The van der Waals surface area contributed by atoms with Crippen molar-refractivity contribution in [2.24, 2.45) is 5.10 Å². The summed E-state index contributed by atoms with van der Waals surface area (Å²) in [5, 5.41) is 18.2. The molecule has 3 aromatic rings. The van der Waals surface area contributed by atoms with Gasteiger partial charge in [0.1, 0.15) is 0 Å². The van der Waals surface area contributed by atoms with Gasteiger partial charge in [0.15, 0.2) is 11.5 Å². The molecular formula is C21H21BrN4O3. The van der Waals surface area contributed by atoms with E-state index in [1.165, 1.54) is 13.3 Å². The van der Waals surface area contributed by atoms with Crippen molar-refractivity contribution < 1.29 is 14.6 Å². The second kappa shape index (κ2) is 8.91. The lowest BCUT2D eigenvalue weighted by Crippen LogP contribution is -2.17. The van der Waals surface area contributed by atoms with Gasteiger partial charge < -0.3 is 9.84 Å². The molecule has 0 unspecified atom stereocenters. The third-order valence-electron chi connectivity index (χ3n) is 4.30. The van der Waals surface area contributed by atoms with Crippen molar-refractivity contribution in [2.45, 2.75) is 20.4 Å². The van der Waals surface area contributed by atoms with E-state index in [-0.39, 0.29) is 11.7 Å². The molecule has 1 aromatic heterocycles. The Kier molecular flexibility index (Phi) is 6.33. The van der Waals surface area contributed by atoms with Gasteiger partial charge in [-0.05, 0) is 71.2 Å². The van der Waals surface area contributed by atoms with Gasteiger partial charge in [-0.2, -0.15) is 10.2 Å². The second-order valence-electron chi connectivity index (χ2n) is 6.53. The first-order valence-corrected chi connectivity index (χ1v) is 9.66. The molecule has 8 heteroatoms. The van der Waals surface area contributed by atoms with Gasteiger partial charge in [0.2, 0.25) is 0 Å². The van der Waals surface area contributed by atoms with E-state index in [1.807, 2.05) is 36.7 Å². The standard InChI is InChI=1S/C21H21BrN4O3/c1-13-8-14(2)26(25-13)12-15-4-6-17(7-5-15)21(28)24-23-11-16-9-18(22)20(27)19(10-16)29-3/h4-11,27H,12H2,1-3H3,(H,24,28)/b23-11+. The van der Waals surface area contributed by atoms with Crippen molar-refractivity contribution in [3.63, 3.8) is 0 Å². The number of hydrogen-bond donors (Lipinski definition) is 2. The number of ether oxygens (including phenoxy) is 1. The maximum atomic E-state index is 12.3. The average Bonchev–Trinajstić information content (AvgIpc) is 3.01. The summed E-state index contributed by atoms with van der Waals surface area (Å²) in [4.78, 5) is 12.3. The van der Waals surface area contributed by atoms with Gasteiger partial charge in [-0.1, -0.05) is 12.1 Å². The minimum Gasteiger partial charge on any atom is -0.503 e. The molecule has 0 bridgehead atoms. The number of rotatable bonds is 6. The van der Waals surface area contributed by atoms with Crippen molar-refractivity contribution in [3.05, 3.63) is 75.0 Å². The van der Waals surface area contributed by atoms with Gasteiger partial charge in [-0.25, -0.2) is 5.43 Å². The van der Waals surface area contributed by atoms with E-state index >= 15 is 0 Å². The van der Waals surface area contributed by atoms with Gasteiger partial charge in [-0.15, -0.1) is 0 Å². The van der Waals surface area contributed by atoms with E-state index < -0.39 is 0 Å². The molecule has 0 saturated heterocycles. The zero-order chi connectivity index (χ0) is 21.0. The fraction of sp³-hybridized carbons (Fsp3) is 0.190. The number of carbonyl (C=O) groups excluding carboxylic acids is 1. The normalized spacial score (nSPS) is 11.0. The van der Waals surface area contributed by atoms with Crippen LogP contribution in [0, 0.1) is 13.8 Å². The first-order chi connectivity index (χ1) is 13.9. The van der Waals surface area contributed by atoms with Crippen LogP contribution in [0.5, 0.6) is 11.5 Å². The van der Waals surface area contributed by atoms with Crippen LogP contribution in [0.3, 0.4) is 0 Å². The maximum Gasteiger partial charge on any atom is 0.271 e. The molecule has 0 aliphatic rings. The number of aromatic nitrogens is 2. The average molecular weight is 457 g/mol. The molecule has 0 spiro atoms. The number of aryl methyl sites for hydroxylation is 2. The number of nitrogens with zero attached hydrogens (tertiary/aromatic N) is 3. The molecule has 0 fully saturated rings. The van der Waals surface area contributed by atoms with Crippen LogP contribution in [0.1, 0.15) is 32.9 Å². The van der Waals surface area contributed by atoms with Crippen molar-refractivity contribution >= 4 is 28.1 Å². The highest BCUT2D eigenvalue weighted by Crippen LogP contribution is 2.34. The summed E-state index contributed by atoms with van der Waals surface area (Å²) in [5.41, 5.74) is 6.79. The van der Waals surface area contributed by atoms with Crippen molar-refractivity contribution in [1.29, 1.82) is 0 Å². The van der Waals surface area contributed by atoms with Crippen molar-refractivity contribution in [3.8, 4) is 11.5 Å². The monoisotopic (exact) mass is 456 g/mol. The van der Waals surface area contributed by atoms with Crippen LogP contribution < -0.4 is 10.2 Å². The van der Waals surface area contributed by atoms with Crippen LogP contribution in [-0.2, 0) is 6.54 Å². The van der Waals surface area contributed by atoms with E-state index in [4.69, 9.17) is 4.74 Å². The number of amides is 1. The zero-order valence-corrected chi connectivity index (χ0v) is 17.9. The lowest BCUT2D eigenvalue weighted by molar-refractivity contribution is 0.0955. The molecule has 0 aliphatic carbocycles. The highest BCUT2D eigenvalue weighted by atomic mass is 79.9. The number of hydrogen-bond acceptors (Lipinski definition) is 5. The van der Waals surface area contributed by atoms with Gasteiger partial charge in [0, 0.05) is 11.3 Å². The van der Waals surface area contributed by atoms with E-state index in [2.05, 4.69) is 31.6 Å². The Morgan fingerprint density at radius 1 is 1.28 bits per heavy atom. The largest absolute Gasteiger partial charge is 0.503 e. The molecule has 3 rings (SSSR count). The molecule has 2 aromatic carbocycles. The molecule has 1 heterocycles. The minimum absolute atomic E-state index is 0.00856. The summed E-state index contributed by atoms with van der Waals surface area (Å²) in [6.45, 7) is 4.63. The predicted molar refractivity (Wildman–Crippen MR) is 115 cm³/mol. The number of methoxy groups -OCH3 is 1. The topological polar surface area (TPSA) is 88.7 Å². The third-order valence-corrected chi connectivity index (χ3v) is 4.91. The number of benzene rings is 2. The van der Waals surface area contributed by atoms with Crippen LogP contribution in [0.4, 0.5) is 0 Å². The lowest BCUT2D eigenvalue weighted by atomic mass is 10.1. The highest BCUT2D eigenvalue weighted by molar-refractivity contribution is 9.10. The van der Waals surface area contributed by atoms with Crippen LogP contribution in [0.2, 0.25) is 0 Å². The van der Waals surface area contributed by atoms with E-state index in [0.29, 0.717) is 27.9 Å². The number of aromatic hydroxyl groups is 1. The Morgan fingerprint density at radius 3 is 2.62 bits per heavy atom. The molecule has 1 amide bonds. The van der Waals surface area contributed by atoms with Crippen LogP contribution in [0.15, 0.2) is 52.0 Å². The Hall–Kier alpha value is -3.13. The third kappa shape index (κ3) is 5.03.